The van der Waals surface area contributed by atoms with Gasteiger partial charge in [0, 0.05) is 17.6 Å². The van der Waals surface area contributed by atoms with Gasteiger partial charge in [0.2, 0.25) is 0 Å². The third kappa shape index (κ3) is 5.41. The Morgan fingerprint density at radius 2 is 1.47 bits per heavy atom. The molecule has 2 nitrogen and oxygen atoms in total. The van der Waals surface area contributed by atoms with Crippen LogP contribution < -0.4 is 0 Å². The first-order valence-corrected chi connectivity index (χ1v) is 11.3. The molecule has 1 atom stereocenters. The Morgan fingerprint density at radius 3 is 2.13 bits per heavy atom. The van der Waals surface area contributed by atoms with E-state index in [9.17, 15) is 0 Å². The van der Waals surface area contributed by atoms with E-state index in [1.165, 1.54) is 11.1 Å². The van der Waals surface area contributed by atoms with Crippen LogP contribution in [0.4, 0.5) is 0 Å². The van der Waals surface area contributed by atoms with Gasteiger partial charge in [0.25, 0.3) is 0 Å². The fraction of sp³-hybridized carbons (Fsp3) is 0.115. The molecule has 30 heavy (non-hydrogen) atoms. The molecule has 0 aliphatic rings. The van der Waals surface area contributed by atoms with Crippen LogP contribution in [-0.2, 0) is 6.42 Å². The van der Waals surface area contributed by atoms with Gasteiger partial charge in [-0.1, -0.05) is 85.0 Å². The second-order valence-corrected chi connectivity index (χ2v) is 8.86. The lowest BCUT2D eigenvalue weighted by molar-refractivity contribution is 0.802. The number of aryl methyl sites for hydroxylation is 1. The second-order valence-electron chi connectivity index (χ2n) is 6.98. The highest BCUT2D eigenvalue weighted by atomic mass is 32.2. The highest BCUT2D eigenvalue weighted by Gasteiger charge is 2.16. The molecule has 0 amide bonds. The fourth-order valence-electron chi connectivity index (χ4n) is 3.27. The van der Waals surface area contributed by atoms with Crippen LogP contribution in [-0.4, -0.2) is 14.2 Å². The number of benzene rings is 2. The van der Waals surface area contributed by atoms with E-state index in [2.05, 4.69) is 64.6 Å². The summed E-state index contributed by atoms with van der Waals surface area (Å²) in [6, 6.07) is 31.0. The number of rotatable bonds is 7. The summed E-state index contributed by atoms with van der Waals surface area (Å²) in [7, 11) is 0. The molecule has 0 saturated carbocycles. The zero-order valence-electron chi connectivity index (χ0n) is 16.5. The Morgan fingerprint density at radius 1 is 0.767 bits per heavy atom. The van der Waals surface area contributed by atoms with Crippen LogP contribution in [0.15, 0.2) is 103 Å². The molecule has 0 N–H and O–H groups in total. The lowest BCUT2D eigenvalue weighted by Crippen LogP contribution is -2.02. The molecule has 2 heterocycles. The minimum atomic E-state index is 0.300. The Balaban J connectivity index is 1.46. The Kier molecular flexibility index (Phi) is 7.01. The van der Waals surface area contributed by atoms with Gasteiger partial charge < -0.3 is 0 Å². The molecule has 4 rings (SSSR count). The van der Waals surface area contributed by atoms with Crippen LogP contribution in [0.25, 0.3) is 11.4 Å². The first-order valence-electron chi connectivity index (χ1n) is 9.97. The summed E-state index contributed by atoms with van der Waals surface area (Å²) in [5, 5.41) is 0.300. The Bertz CT molecular complexity index is 1070. The number of thiocarbonyl (C=S) groups is 1. The summed E-state index contributed by atoms with van der Waals surface area (Å²) in [6.07, 6.45) is 5.69. The molecule has 148 valence electrons. The first-order chi connectivity index (χ1) is 14.8. The molecule has 4 aromatic rings. The van der Waals surface area contributed by atoms with Crippen LogP contribution in [0.1, 0.15) is 28.4 Å². The van der Waals surface area contributed by atoms with Crippen molar-refractivity contribution < 1.29 is 0 Å². The van der Waals surface area contributed by atoms with Crippen molar-refractivity contribution in [2.75, 3.05) is 0 Å². The number of pyridine rings is 2. The first kappa shape index (κ1) is 20.5. The van der Waals surface area contributed by atoms with E-state index in [4.69, 9.17) is 12.2 Å². The van der Waals surface area contributed by atoms with Crippen LogP contribution in [0.5, 0.6) is 0 Å². The van der Waals surface area contributed by atoms with Crippen molar-refractivity contribution in [2.24, 2.45) is 0 Å². The van der Waals surface area contributed by atoms with Gasteiger partial charge in [0.05, 0.1) is 15.6 Å². The van der Waals surface area contributed by atoms with Gasteiger partial charge in [-0.2, -0.15) is 0 Å². The average Bonchev–Trinajstić information content (AvgIpc) is 2.83. The minimum Gasteiger partial charge on any atom is -0.255 e. The Hall–Kier alpha value is -2.82. The number of hydrogen-bond acceptors (Lipinski definition) is 4. The summed E-state index contributed by atoms with van der Waals surface area (Å²) < 4.78 is 0.938. The maximum atomic E-state index is 5.74. The molecule has 0 radical (unpaired) electrons. The van der Waals surface area contributed by atoms with Crippen molar-refractivity contribution >= 4 is 28.2 Å². The lowest BCUT2D eigenvalue weighted by atomic mass is 10.0. The summed E-state index contributed by atoms with van der Waals surface area (Å²) in [6.45, 7) is 0. The van der Waals surface area contributed by atoms with Crippen LogP contribution in [0, 0.1) is 0 Å². The maximum Gasteiger partial charge on any atom is 0.0886 e. The topological polar surface area (TPSA) is 25.8 Å². The molecular formula is C26H22N2S2. The van der Waals surface area contributed by atoms with Gasteiger partial charge in [-0.25, -0.2) is 0 Å². The molecule has 0 aliphatic heterocycles. The molecular weight excluding hydrogens is 404 g/mol. The van der Waals surface area contributed by atoms with E-state index in [0.717, 1.165) is 34.0 Å². The molecule has 2 aromatic heterocycles. The van der Waals surface area contributed by atoms with E-state index >= 15 is 0 Å². The van der Waals surface area contributed by atoms with Gasteiger partial charge in [-0.3, -0.25) is 9.97 Å². The van der Waals surface area contributed by atoms with Crippen molar-refractivity contribution in [3.05, 3.63) is 120 Å². The van der Waals surface area contributed by atoms with E-state index in [0.29, 0.717) is 5.25 Å². The number of aromatic nitrogens is 2. The predicted octanol–water partition coefficient (Wildman–Crippen LogP) is 6.93. The predicted molar refractivity (Wildman–Crippen MR) is 131 cm³/mol. The molecule has 0 fully saturated rings. The lowest BCUT2D eigenvalue weighted by Gasteiger charge is -2.18. The quantitative estimate of drug-likeness (QED) is 0.299. The minimum absolute atomic E-state index is 0.300. The van der Waals surface area contributed by atoms with Crippen molar-refractivity contribution in [2.45, 2.75) is 18.1 Å². The normalized spacial score (nSPS) is 11.7. The smallest absolute Gasteiger partial charge is 0.0886 e. The SMILES string of the molecule is S=C(SC(CCc1ccc(-c2ccccn2)nc1)c1ccccc1)c1ccccc1. The van der Waals surface area contributed by atoms with Crippen molar-refractivity contribution in [3.63, 3.8) is 0 Å². The Labute approximate surface area is 187 Å². The highest BCUT2D eigenvalue weighted by molar-refractivity contribution is 8.23. The molecule has 4 heteroatoms. The van der Waals surface area contributed by atoms with Crippen molar-refractivity contribution in [1.29, 1.82) is 0 Å². The number of hydrogen-bond donors (Lipinski definition) is 0. The summed E-state index contributed by atoms with van der Waals surface area (Å²) in [5.74, 6) is 0. The number of nitrogens with zero attached hydrogens (tertiary/aromatic N) is 2. The highest BCUT2D eigenvalue weighted by Crippen LogP contribution is 2.36. The third-order valence-electron chi connectivity index (χ3n) is 4.88. The molecule has 0 spiro atoms. The van der Waals surface area contributed by atoms with E-state index in [-0.39, 0.29) is 0 Å². The summed E-state index contributed by atoms with van der Waals surface area (Å²) in [5.41, 5.74) is 5.44. The third-order valence-corrected chi connectivity index (χ3v) is 6.64. The van der Waals surface area contributed by atoms with Gasteiger partial charge >= 0.3 is 0 Å². The molecule has 2 aromatic carbocycles. The number of thioether (sulfide) groups is 1. The van der Waals surface area contributed by atoms with E-state index in [1.54, 1.807) is 18.0 Å². The van der Waals surface area contributed by atoms with Gasteiger partial charge in [0.15, 0.2) is 0 Å². The largest absolute Gasteiger partial charge is 0.255 e. The molecule has 1 unspecified atom stereocenters. The molecule has 0 bridgehead atoms. The van der Waals surface area contributed by atoms with Gasteiger partial charge in [0.1, 0.15) is 0 Å². The van der Waals surface area contributed by atoms with E-state index in [1.807, 2.05) is 42.6 Å². The molecule has 0 saturated heterocycles. The molecule has 0 aliphatic carbocycles. The van der Waals surface area contributed by atoms with Crippen molar-refractivity contribution in [1.82, 2.24) is 9.97 Å². The zero-order valence-corrected chi connectivity index (χ0v) is 18.2. The monoisotopic (exact) mass is 426 g/mol. The van der Waals surface area contributed by atoms with Crippen LogP contribution >= 0.6 is 24.0 Å². The second kappa shape index (κ2) is 10.3. The standard InChI is InChI=1S/C26H22N2S2/c29-26(22-11-5-2-6-12-22)30-25(21-9-3-1-4-10-21)17-15-20-14-16-24(28-19-20)23-13-7-8-18-27-23/h1-14,16,18-19,25H,15,17H2. The average molecular weight is 427 g/mol. The fourth-order valence-corrected chi connectivity index (χ4v) is 4.81. The van der Waals surface area contributed by atoms with Gasteiger partial charge in [-0.05, 0) is 47.7 Å². The van der Waals surface area contributed by atoms with Crippen molar-refractivity contribution in [3.8, 4) is 11.4 Å². The van der Waals surface area contributed by atoms with Gasteiger partial charge in [-0.15, -0.1) is 11.8 Å². The zero-order chi connectivity index (χ0) is 20.6. The summed E-state index contributed by atoms with van der Waals surface area (Å²) in [4.78, 5) is 8.99. The summed E-state index contributed by atoms with van der Waals surface area (Å²) >= 11 is 7.51. The van der Waals surface area contributed by atoms with E-state index < -0.39 is 0 Å². The maximum absolute atomic E-state index is 5.74. The van der Waals surface area contributed by atoms with Crippen LogP contribution in [0.2, 0.25) is 0 Å². The van der Waals surface area contributed by atoms with Crippen LogP contribution in [0.3, 0.4) is 0 Å².